The van der Waals surface area contributed by atoms with E-state index in [0.29, 0.717) is 13.2 Å². The molecule has 4 rings (SSSR count). The Morgan fingerprint density at radius 1 is 0.958 bits per heavy atom. The predicted octanol–water partition coefficient (Wildman–Crippen LogP) is 3.45. The van der Waals surface area contributed by atoms with Gasteiger partial charge in [-0.3, -0.25) is 5.32 Å². The van der Waals surface area contributed by atoms with Gasteiger partial charge in [-0.15, -0.1) is 0 Å². The maximum Gasteiger partial charge on any atom is 0.135 e. The molecule has 2 aromatic rings. The van der Waals surface area contributed by atoms with E-state index < -0.39 is 0 Å². The number of nitrogens with one attached hydrogen (secondary N) is 1. The molecule has 0 radical (unpaired) electrons. The lowest BCUT2D eigenvalue weighted by atomic mass is 9.92. The fourth-order valence-electron chi connectivity index (χ4n) is 3.71. The van der Waals surface area contributed by atoms with Crippen LogP contribution in [0.15, 0.2) is 42.5 Å². The standard InChI is InChI=1S/C20H24N2O2/c1-12-7-8-14-13(2)23-11-19(17(14)9-12)22-20-16-6-4-3-5-15(16)18(21)10-24-20/h3-9,13,18-20,22H,10-11,21H2,1-2H3/t13-,18+,19?,20-/m0/s1. The molecular formula is C20H24N2O2. The molecule has 0 aliphatic carbocycles. The second-order valence-corrected chi connectivity index (χ2v) is 6.78. The smallest absolute Gasteiger partial charge is 0.135 e. The molecule has 0 bridgehead atoms. The predicted molar refractivity (Wildman–Crippen MR) is 93.5 cm³/mol. The number of nitrogens with two attached hydrogens (primary N) is 1. The first kappa shape index (κ1) is 15.8. The van der Waals surface area contributed by atoms with Crippen LogP contribution in [0.3, 0.4) is 0 Å². The van der Waals surface area contributed by atoms with Crippen molar-refractivity contribution < 1.29 is 9.47 Å². The van der Waals surface area contributed by atoms with Crippen LogP contribution in [0.2, 0.25) is 0 Å². The average Bonchev–Trinajstić information content (AvgIpc) is 2.60. The molecular weight excluding hydrogens is 300 g/mol. The number of hydrogen-bond acceptors (Lipinski definition) is 4. The van der Waals surface area contributed by atoms with Crippen LogP contribution in [0.1, 0.15) is 59.2 Å². The monoisotopic (exact) mass is 324 g/mol. The van der Waals surface area contributed by atoms with Crippen LogP contribution < -0.4 is 11.1 Å². The van der Waals surface area contributed by atoms with E-state index in [1.165, 1.54) is 16.7 Å². The van der Waals surface area contributed by atoms with E-state index in [1.807, 2.05) is 12.1 Å². The lowest BCUT2D eigenvalue weighted by Gasteiger charge is -2.36. The van der Waals surface area contributed by atoms with Crippen LogP contribution in [0.5, 0.6) is 0 Å². The van der Waals surface area contributed by atoms with Crippen LogP contribution in [-0.2, 0) is 9.47 Å². The Balaban J connectivity index is 1.64. The molecule has 0 spiro atoms. The maximum absolute atomic E-state index is 6.18. The summed E-state index contributed by atoms with van der Waals surface area (Å²) in [6, 6.07) is 14.9. The van der Waals surface area contributed by atoms with Crippen molar-refractivity contribution in [3.8, 4) is 0 Å². The Kier molecular flexibility index (Phi) is 4.14. The Morgan fingerprint density at radius 2 is 1.75 bits per heavy atom. The summed E-state index contributed by atoms with van der Waals surface area (Å²) in [6.07, 6.45) is -0.0250. The highest BCUT2D eigenvalue weighted by molar-refractivity contribution is 5.38. The Bertz CT molecular complexity index is 746. The summed E-state index contributed by atoms with van der Waals surface area (Å²) in [5.41, 5.74) is 12.3. The van der Waals surface area contributed by atoms with Gasteiger partial charge in [-0.05, 0) is 30.5 Å². The Morgan fingerprint density at radius 3 is 2.58 bits per heavy atom. The van der Waals surface area contributed by atoms with Crippen LogP contribution >= 0.6 is 0 Å². The minimum Gasteiger partial charge on any atom is -0.372 e. The lowest BCUT2D eigenvalue weighted by Crippen LogP contribution is -2.39. The summed E-state index contributed by atoms with van der Waals surface area (Å²) in [7, 11) is 0. The number of aryl methyl sites for hydroxylation is 1. The summed E-state index contributed by atoms with van der Waals surface area (Å²) < 4.78 is 12.0. The van der Waals surface area contributed by atoms with Crippen molar-refractivity contribution in [2.75, 3.05) is 13.2 Å². The molecule has 0 amide bonds. The summed E-state index contributed by atoms with van der Waals surface area (Å²) in [4.78, 5) is 0. The molecule has 4 heteroatoms. The zero-order valence-electron chi connectivity index (χ0n) is 14.2. The minimum atomic E-state index is -0.156. The normalized spacial score (nSPS) is 29.0. The zero-order valence-corrected chi connectivity index (χ0v) is 14.2. The van der Waals surface area contributed by atoms with E-state index in [-0.39, 0.29) is 24.4 Å². The molecule has 0 saturated heterocycles. The third kappa shape index (κ3) is 2.76. The highest BCUT2D eigenvalue weighted by Gasteiger charge is 2.31. The van der Waals surface area contributed by atoms with Gasteiger partial charge in [0.05, 0.1) is 31.4 Å². The zero-order chi connectivity index (χ0) is 16.7. The Hall–Kier alpha value is -1.72. The van der Waals surface area contributed by atoms with Gasteiger partial charge in [0.25, 0.3) is 0 Å². The number of fused-ring (bicyclic) bond motifs is 2. The van der Waals surface area contributed by atoms with Crippen LogP contribution in [-0.4, -0.2) is 13.2 Å². The largest absolute Gasteiger partial charge is 0.372 e. The van der Waals surface area contributed by atoms with Gasteiger partial charge < -0.3 is 15.2 Å². The van der Waals surface area contributed by atoms with Gasteiger partial charge in [0, 0.05) is 5.56 Å². The summed E-state index contributed by atoms with van der Waals surface area (Å²) in [6.45, 7) is 5.41. The number of ether oxygens (including phenoxy) is 2. The summed E-state index contributed by atoms with van der Waals surface area (Å²) >= 11 is 0. The quantitative estimate of drug-likeness (QED) is 0.888. The molecule has 2 heterocycles. The van der Waals surface area contributed by atoms with Gasteiger partial charge >= 0.3 is 0 Å². The Labute approximate surface area is 143 Å². The number of rotatable bonds is 2. The second-order valence-electron chi connectivity index (χ2n) is 6.78. The van der Waals surface area contributed by atoms with E-state index in [2.05, 4.69) is 49.5 Å². The van der Waals surface area contributed by atoms with Gasteiger partial charge in [0.2, 0.25) is 0 Å². The first-order chi connectivity index (χ1) is 11.6. The van der Waals surface area contributed by atoms with Crippen LogP contribution in [0.25, 0.3) is 0 Å². The first-order valence-corrected chi connectivity index (χ1v) is 8.57. The lowest BCUT2D eigenvalue weighted by molar-refractivity contribution is -0.0267. The third-order valence-corrected chi connectivity index (χ3v) is 5.04. The minimum absolute atomic E-state index is 0.0589. The van der Waals surface area contributed by atoms with Crippen molar-refractivity contribution in [2.24, 2.45) is 5.73 Å². The van der Waals surface area contributed by atoms with Crippen molar-refractivity contribution in [2.45, 2.75) is 38.3 Å². The highest BCUT2D eigenvalue weighted by atomic mass is 16.5. The molecule has 0 aromatic heterocycles. The summed E-state index contributed by atoms with van der Waals surface area (Å²) in [5, 5.41) is 3.64. The van der Waals surface area contributed by atoms with E-state index >= 15 is 0 Å². The van der Waals surface area contributed by atoms with Crippen molar-refractivity contribution in [3.63, 3.8) is 0 Å². The van der Waals surface area contributed by atoms with Crippen LogP contribution in [0, 0.1) is 6.92 Å². The molecule has 1 unspecified atom stereocenters. The third-order valence-electron chi connectivity index (χ3n) is 5.04. The second kappa shape index (κ2) is 6.30. The highest BCUT2D eigenvalue weighted by Crippen LogP contribution is 2.36. The number of benzene rings is 2. The first-order valence-electron chi connectivity index (χ1n) is 8.57. The van der Waals surface area contributed by atoms with Gasteiger partial charge in [0.1, 0.15) is 6.23 Å². The van der Waals surface area contributed by atoms with E-state index in [9.17, 15) is 0 Å². The van der Waals surface area contributed by atoms with Crippen LogP contribution in [0.4, 0.5) is 0 Å². The molecule has 4 atom stereocenters. The van der Waals surface area contributed by atoms with E-state index in [1.54, 1.807) is 0 Å². The average molecular weight is 324 g/mol. The van der Waals surface area contributed by atoms with Gasteiger partial charge in [-0.1, -0.05) is 48.0 Å². The molecule has 2 aliphatic rings. The van der Waals surface area contributed by atoms with Gasteiger partial charge in [-0.2, -0.15) is 0 Å². The fraction of sp³-hybridized carbons (Fsp3) is 0.400. The van der Waals surface area contributed by atoms with E-state index in [4.69, 9.17) is 15.2 Å². The molecule has 4 nitrogen and oxygen atoms in total. The molecule has 0 saturated carbocycles. The van der Waals surface area contributed by atoms with Crippen molar-refractivity contribution in [1.29, 1.82) is 0 Å². The molecule has 24 heavy (non-hydrogen) atoms. The van der Waals surface area contributed by atoms with Crippen molar-refractivity contribution in [1.82, 2.24) is 5.32 Å². The molecule has 126 valence electrons. The van der Waals surface area contributed by atoms with Gasteiger partial charge in [-0.25, -0.2) is 0 Å². The SMILES string of the molecule is Cc1ccc2c(c1)C(N[C@H]1OC[C@@H](N)c3ccccc31)CO[C@H]2C. The number of hydrogen-bond donors (Lipinski definition) is 2. The topological polar surface area (TPSA) is 56.5 Å². The van der Waals surface area contributed by atoms with Crippen molar-refractivity contribution >= 4 is 0 Å². The van der Waals surface area contributed by atoms with Gasteiger partial charge in [0.15, 0.2) is 0 Å². The fourth-order valence-corrected chi connectivity index (χ4v) is 3.71. The molecule has 3 N–H and O–H groups in total. The summed E-state index contributed by atoms with van der Waals surface area (Å²) in [5.74, 6) is 0. The van der Waals surface area contributed by atoms with E-state index in [0.717, 1.165) is 11.1 Å². The maximum atomic E-state index is 6.18. The molecule has 0 fully saturated rings. The van der Waals surface area contributed by atoms with Crippen molar-refractivity contribution in [3.05, 3.63) is 70.3 Å². The molecule has 2 aromatic carbocycles. The molecule has 2 aliphatic heterocycles.